The van der Waals surface area contributed by atoms with E-state index in [1.165, 1.54) is 5.56 Å². The summed E-state index contributed by atoms with van der Waals surface area (Å²) < 4.78 is 16.3. The van der Waals surface area contributed by atoms with Gasteiger partial charge in [0.2, 0.25) is 11.8 Å². The smallest absolute Gasteiger partial charge is 0.230 e. The molecule has 6 nitrogen and oxygen atoms in total. The van der Waals surface area contributed by atoms with Gasteiger partial charge in [-0.1, -0.05) is 24.3 Å². The van der Waals surface area contributed by atoms with Crippen LogP contribution in [0.3, 0.4) is 0 Å². The molecule has 2 aromatic carbocycles. The Morgan fingerprint density at radius 1 is 1.07 bits per heavy atom. The predicted molar refractivity (Wildman–Crippen MR) is 111 cm³/mol. The van der Waals surface area contributed by atoms with Crippen molar-refractivity contribution in [2.24, 2.45) is 0 Å². The lowest BCUT2D eigenvalue weighted by molar-refractivity contribution is -0.120. The topological polar surface area (TPSA) is 73.6 Å². The van der Waals surface area contributed by atoms with Gasteiger partial charge in [0.05, 0.1) is 31.9 Å². The second kappa shape index (κ2) is 9.78. The van der Waals surface area contributed by atoms with Crippen LogP contribution in [0.5, 0.6) is 11.5 Å². The molecule has 29 heavy (non-hydrogen) atoms. The van der Waals surface area contributed by atoms with Gasteiger partial charge in [-0.2, -0.15) is 0 Å². The van der Waals surface area contributed by atoms with Crippen LogP contribution in [0.1, 0.15) is 23.4 Å². The van der Waals surface area contributed by atoms with Crippen molar-refractivity contribution in [3.8, 4) is 23.0 Å². The Morgan fingerprint density at radius 2 is 1.83 bits per heavy atom. The molecule has 1 amide bonds. The zero-order chi connectivity index (χ0) is 20.6. The molecule has 1 heterocycles. The van der Waals surface area contributed by atoms with Crippen molar-refractivity contribution in [3.05, 3.63) is 65.5 Å². The zero-order valence-corrected chi connectivity index (χ0v) is 17.0. The first-order valence-corrected chi connectivity index (χ1v) is 9.60. The number of nitrogens with zero attached hydrogens (tertiary/aromatic N) is 1. The minimum Gasteiger partial charge on any atom is -0.497 e. The molecule has 1 N–H and O–H groups in total. The molecule has 152 valence electrons. The fourth-order valence-corrected chi connectivity index (χ4v) is 3.06. The fraction of sp³-hybridized carbons (Fsp3) is 0.304. The molecule has 1 aromatic heterocycles. The fourth-order valence-electron chi connectivity index (χ4n) is 3.06. The first kappa shape index (κ1) is 20.5. The molecule has 0 saturated carbocycles. The van der Waals surface area contributed by atoms with Crippen LogP contribution in [0.2, 0.25) is 0 Å². The van der Waals surface area contributed by atoms with Gasteiger partial charge >= 0.3 is 0 Å². The van der Waals surface area contributed by atoms with E-state index in [1.807, 2.05) is 55.5 Å². The summed E-state index contributed by atoms with van der Waals surface area (Å²) in [4.78, 5) is 16.8. The second-order valence-electron chi connectivity index (χ2n) is 6.70. The van der Waals surface area contributed by atoms with Crippen molar-refractivity contribution in [2.45, 2.75) is 26.2 Å². The summed E-state index contributed by atoms with van der Waals surface area (Å²) in [6.45, 7) is 2.43. The lowest BCUT2D eigenvalue weighted by Crippen LogP contribution is -2.26. The molecule has 0 bridgehead atoms. The molecule has 0 aliphatic carbocycles. The van der Waals surface area contributed by atoms with Crippen molar-refractivity contribution in [1.82, 2.24) is 10.3 Å². The Labute approximate surface area is 170 Å². The summed E-state index contributed by atoms with van der Waals surface area (Å²) in [5.74, 6) is 2.56. The van der Waals surface area contributed by atoms with Gasteiger partial charge < -0.3 is 19.2 Å². The summed E-state index contributed by atoms with van der Waals surface area (Å²) >= 11 is 0. The number of aryl methyl sites for hydroxylation is 2. The van der Waals surface area contributed by atoms with Gasteiger partial charge in [0.1, 0.15) is 17.3 Å². The number of amides is 1. The highest BCUT2D eigenvalue weighted by molar-refractivity contribution is 5.78. The Bertz CT molecular complexity index is 948. The standard InChI is InChI=1S/C23H26N2O4/c1-16-20(25-23(29-16)19-8-4-5-9-21(19)28-3)15-22(26)24-14-6-7-17-10-12-18(27-2)13-11-17/h4-5,8-13H,6-7,14-15H2,1-3H3,(H,24,26). The highest BCUT2D eigenvalue weighted by Gasteiger charge is 2.16. The third kappa shape index (κ3) is 5.38. The van der Waals surface area contributed by atoms with E-state index in [0.29, 0.717) is 29.6 Å². The minimum absolute atomic E-state index is 0.0669. The summed E-state index contributed by atoms with van der Waals surface area (Å²) in [7, 11) is 3.26. The summed E-state index contributed by atoms with van der Waals surface area (Å²) in [6.07, 6.45) is 1.95. The first-order valence-electron chi connectivity index (χ1n) is 9.60. The van der Waals surface area contributed by atoms with Crippen LogP contribution in [0.4, 0.5) is 0 Å². The van der Waals surface area contributed by atoms with Gasteiger partial charge in [-0.25, -0.2) is 4.98 Å². The molecule has 0 fully saturated rings. The van der Waals surface area contributed by atoms with Crippen LogP contribution < -0.4 is 14.8 Å². The highest BCUT2D eigenvalue weighted by Crippen LogP contribution is 2.30. The number of carbonyl (C=O) groups is 1. The SMILES string of the molecule is COc1ccc(CCCNC(=O)Cc2nc(-c3ccccc3OC)oc2C)cc1. The third-order valence-electron chi connectivity index (χ3n) is 4.68. The first-order chi connectivity index (χ1) is 14.1. The molecule has 0 atom stereocenters. The van der Waals surface area contributed by atoms with Gasteiger partial charge in [0.25, 0.3) is 0 Å². The number of ether oxygens (including phenoxy) is 2. The van der Waals surface area contributed by atoms with Crippen molar-refractivity contribution < 1.29 is 18.7 Å². The van der Waals surface area contributed by atoms with Gasteiger partial charge in [0, 0.05) is 6.54 Å². The number of rotatable bonds is 9. The third-order valence-corrected chi connectivity index (χ3v) is 4.68. The average Bonchev–Trinajstić information content (AvgIpc) is 3.11. The van der Waals surface area contributed by atoms with Crippen molar-refractivity contribution >= 4 is 5.91 Å². The van der Waals surface area contributed by atoms with Crippen LogP contribution in [0, 0.1) is 6.92 Å². The molecule has 0 aliphatic rings. The van der Waals surface area contributed by atoms with E-state index in [-0.39, 0.29) is 12.3 Å². The Hall–Kier alpha value is -3.28. The molecule has 0 aliphatic heterocycles. The van der Waals surface area contributed by atoms with Gasteiger partial charge in [-0.3, -0.25) is 4.79 Å². The minimum atomic E-state index is -0.0669. The molecule has 0 spiro atoms. The highest BCUT2D eigenvalue weighted by atomic mass is 16.5. The molecule has 6 heteroatoms. The molecular formula is C23H26N2O4. The van der Waals surface area contributed by atoms with E-state index in [1.54, 1.807) is 14.2 Å². The largest absolute Gasteiger partial charge is 0.497 e. The van der Waals surface area contributed by atoms with E-state index in [9.17, 15) is 4.79 Å². The van der Waals surface area contributed by atoms with Gasteiger partial charge in [0.15, 0.2) is 0 Å². The number of hydrogen-bond acceptors (Lipinski definition) is 5. The zero-order valence-electron chi connectivity index (χ0n) is 17.0. The van der Waals surface area contributed by atoms with E-state index >= 15 is 0 Å². The van der Waals surface area contributed by atoms with Crippen molar-refractivity contribution in [2.75, 3.05) is 20.8 Å². The summed E-state index contributed by atoms with van der Waals surface area (Å²) in [5.41, 5.74) is 2.62. The number of aromatic nitrogens is 1. The van der Waals surface area contributed by atoms with Gasteiger partial charge in [-0.05, 0) is 49.6 Å². The maximum Gasteiger partial charge on any atom is 0.230 e. The van der Waals surface area contributed by atoms with Crippen LogP contribution in [-0.4, -0.2) is 31.7 Å². The number of hydrogen-bond donors (Lipinski definition) is 1. The molecule has 3 aromatic rings. The predicted octanol–water partition coefficient (Wildman–Crippen LogP) is 3.96. The molecule has 0 unspecified atom stereocenters. The quantitative estimate of drug-likeness (QED) is 0.556. The van der Waals surface area contributed by atoms with E-state index in [0.717, 1.165) is 24.2 Å². The van der Waals surface area contributed by atoms with Crippen molar-refractivity contribution in [3.63, 3.8) is 0 Å². The lowest BCUT2D eigenvalue weighted by atomic mass is 10.1. The Kier molecular flexibility index (Phi) is 6.89. The van der Waals surface area contributed by atoms with Crippen LogP contribution in [0.25, 0.3) is 11.5 Å². The summed E-state index contributed by atoms with van der Waals surface area (Å²) in [5, 5.41) is 2.95. The maximum absolute atomic E-state index is 12.3. The van der Waals surface area contributed by atoms with E-state index in [2.05, 4.69) is 10.3 Å². The number of nitrogens with one attached hydrogen (secondary N) is 1. The number of carbonyl (C=O) groups excluding carboxylic acids is 1. The average molecular weight is 394 g/mol. The van der Waals surface area contributed by atoms with E-state index in [4.69, 9.17) is 13.9 Å². The lowest BCUT2D eigenvalue weighted by Gasteiger charge is -2.05. The number of methoxy groups -OCH3 is 2. The van der Waals surface area contributed by atoms with Crippen LogP contribution >= 0.6 is 0 Å². The Morgan fingerprint density at radius 3 is 2.55 bits per heavy atom. The summed E-state index contributed by atoms with van der Waals surface area (Å²) in [6, 6.07) is 15.5. The molecule has 0 radical (unpaired) electrons. The second-order valence-corrected chi connectivity index (χ2v) is 6.70. The molecule has 0 saturated heterocycles. The van der Waals surface area contributed by atoms with Crippen LogP contribution in [0.15, 0.2) is 52.9 Å². The normalized spacial score (nSPS) is 10.6. The monoisotopic (exact) mass is 394 g/mol. The number of para-hydroxylation sites is 1. The van der Waals surface area contributed by atoms with Crippen molar-refractivity contribution in [1.29, 1.82) is 0 Å². The maximum atomic E-state index is 12.3. The molecular weight excluding hydrogens is 368 g/mol. The molecule has 3 rings (SSSR count). The Balaban J connectivity index is 1.51. The number of oxazole rings is 1. The number of benzene rings is 2. The van der Waals surface area contributed by atoms with E-state index < -0.39 is 0 Å². The van der Waals surface area contributed by atoms with Crippen LogP contribution in [-0.2, 0) is 17.6 Å². The van der Waals surface area contributed by atoms with Gasteiger partial charge in [-0.15, -0.1) is 0 Å².